The molecule has 0 aliphatic rings. The van der Waals surface area contributed by atoms with Gasteiger partial charge in [0.05, 0.1) is 6.61 Å². The minimum atomic E-state index is -7.87. The predicted octanol–water partition coefficient (Wildman–Crippen LogP) is 9.40. The molecule has 0 saturated heterocycles. The molecule has 0 fully saturated rings. The second-order valence-electron chi connectivity index (χ2n) is 8.76. The number of hydrogen-bond donors (Lipinski definition) is 0. The van der Waals surface area contributed by atoms with Crippen LogP contribution in [0.1, 0.15) is 37.7 Å². The van der Waals surface area contributed by atoms with Crippen molar-refractivity contribution in [2.45, 2.75) is 67.9 Å². The molecule has 0 aliphatic carbocycles. The summed E-state index contributed by atoms with van der Waals surface area (Å²) in [6.07, 6.45) is -5.36. The first-order valence-electron chi connectivity index (χ1n) is 11.5. The number of unbranched alkanes of at least 4 members (excludes halogenated alkanes) is 3. The molecule has 0 saturated carbocycles. The second kappa shape index (κ2) is 11.8. The van der Waals surface area contributed by atoms with E-state index in [-0.39, 0.29) is 25.9 Å². The van der Waals surface area contributed by atoms with Gasteiger partial charge in [-0.3, -0.25) is 0 Å². The Hall–Kier alpha value is -3.11. The highest BCUT2D eigenvalue weighted by Crippen LogP contribution is 2.60. The van der Waals surface area contributed by atoms with Gasteiger partial charge in [-0.15, -0.1) is 6.42 Å². The van der Waals surface area contributed by atoms with Gasteiger partial charge < -0.3 is 4.74 Å². The largest absolute Gasteiger partial charge is 0.494 e. The first-order valence-corrected chi connectivity index (χ1v) is 11.5. The molecular formula is C26H21F13O. The third-order valence-electron chi connectivity index (χ3n) is 5.89. The van der Waals surface area contributed by atoms with E-state index in [4.69, 9.17) is 11.2 Å². The van der Waals surface area contributed by atoms with Crippen molar-refractivity contribution in [1.29, 1.82) is 0 Å². The Labute approximate surface area is 220 Å². The Balaban J connectivity index is 1.85. The molecular weight excluding hydrogens is 575 g/mol. The van der Waals surface area contributed by atoms with Crippen molar-refractivity contribution >= 4 is 0 Å². The lowest BCUT2D eigenvalue weighted by Gasteiger charge is -2.39. The van der Waals surface area contributed by atoms with Crippen LogP contribution in [-0.4, -0.2) is 42.4 Å². The summed E-state index contributed by atoms with van der Waals surface area (Å²) >= 11 is 0. The number of terminal acetylenes is 1. The molecule has 222 valence electrons. The number of rotatable bonds is 13. The summed E-state index contributed by atoms with van der Waals surface area (Å²) in [6.45, 7) is 0.0274. The molecule has 1 nitrogen and oxygen atoms in total. The van der Waals surface area contributed by atoms with Crippen LogP contribution in [0.2, 0.25) is 0 Å². The highest BCUT2D eigenvalue weighted by atomic mass is 19.4. The lowest BCUT2D eigenvalue weighted by molar-refractivity contribution is -0.440. The van der Waals surface area contributed by atoms with Crippen LogP contribution in [0.15, 0.2) is 48.5 Å². The monoisotopic (exact) mass is 596 g/mol. The van der Waals surface area contributed by atoms with Crippen molar-refractivity contribution in [3.63, 3.8) is 0 Å². The van der Waals surface area contributed by atoms with E-state index in [0.717, 1.165) is 11.1 Å². The zero-order valence-electron chi connectivity index (χ0n) is 20.3. The third kappa shape index (κ3) is 6.44. The van der Waals surface area contributed by atoms with Crippen LogP contribution in [0.4, 0.5) is 57.1 Å². The second-order valence-corrected chi connectivity index (χ2v) is 8.76. The maximum atomic E-state index is 13.8. The fourth-order valence-corrected chi connectivity index (χ4v) is 3.45. The van der Waals surface area contributed by atoms with E-state index in [1.807, 2.05) is 12.1 Å². The molecule has 0 heterocycles. The van der Waals surface area contributed by atoms with Gasteiger partial charge >= 0.3 is 35.8 Å². The first-order chi connectivity index (χ1) is 18.2. The highest BCUT2D eigenvalue weighted by molar-refractivity contribution is 5.65. The zero-order chi connectivity index (χ0) is 30.6. The molecule has 2 rings (SSSR count). The van der Waals surface area contributed by atoms with Gasteiger partial charge in [-0.2, -0.15) is 57.1 Å². The number of ether oxygens (including phenoxy) is 1. The number of hydrogen-bond acceptors (Lipinski definition) is 1. The van der Waals surface area contributed by atoms with Gasteiger partial charge in [0.1, 0.15) is 5.75 Å². The van der Waals surface area contributed by atoms with Gasteiger partial charge in [-0.05, 0) is 48.2 Å². The molecule has 0 spiro atoms. The van der Waals surface area contributed by atoms with E-state index in [1.54, 1.807) is 36.4 Å². The summed E-state index contributed by atoms with van der Waals surface area (Å²) in [5, 5.41) is 0. The average Bonchev–Trinajstić information content (AvgIpc) is 2.87. The molecule has 0 amide bonds. The van der Waals surface area contributed by atoms with Crippen LogP contribution in [-0.2, 0) is 0 Å². The van der Waals surface area contributed by atoms with Crippen LogP contribution in [0.5, 0.6) is 5.75 Å². The molecule has 14 heteroatoms. The molecule has 40 heavy (non-hydrogen) atoms. The summed E-state index contributed by atoms with van der Waals surface area (Å²) in [5.41, 5.74) is 2.42. The Morgan fingerprint density at radius 2 is 1.00 bits per heavy atom. The van der Waals surface area contributed by atoms with Crippen LogP contribution < -0.4 is 4.74 Å². The van der Waals surface area contributed by atoms with Crippen molar-refractivity contribution in [3.8, 4) is 29.2 Å². The first kappa shape index (κ1) is 33.1. The van der Waals surface area contributed by atoms with Crippen molar-refractivity contribution in [2.75, 3.05) is 6.61 Å². The number of alkyl halides is 13. The molecule has 0 bridgehead atoms. The van der Waals surface area contributed by atoms with E-state index in [1.165, 1.54) is 0 Å². The molecule has 0 N–H and O–H groups in total. The smallest absolute Gasteiger partial charge is 0.460 e. The van der Waals surface area contributed by atoms with Crippen molar-refractivity contribution in [2.24, 2.45) is 0 Å². The van der Waals surface area contributed by atoms with E-state index < -0.39 is 48.6 Å². The fourth-order valence-electron chi connectivity index (χ4n) is 3.45. The zero-order valence-corrected chi connectivity index (χ0v) is 20.3. The normalized spacial score (nSPS) is 13.7. The molecule has 0 radical (unpaired) electrons. The van der Waals surface area contributed by atoms with Gasteiger partial charge in [0.15, 0.2) is 0 Å². The van der Waals surface area contributed by atoms with Crippen molar-refractivity contribution < 1.29 is 61.8 Å². The lowest BCUT2D eigenvalue weighted by atomic mass is 9.91. The molecule has 2 aromatic carbocycles. The SMILES string of the molecule is C#Cc1ccc(-c2ccc(OCCCCCCC(F)(F)C(F)(F)C(F)(F)C(F)(F)C(F)(F)C(F)(F)F)cc2)cc1. The highest BCUT2D eigenvalue weighted by Gasteiger charge is 2.90. The summed E-state index contributed by atoms with van der Waals surface area (Å²) < 4.78 is 176. The summed E-state index contributed by atoms with van der Waals surface area (Å²) in [7, 11) is 0. The Kier molecular flexibility index (Phi) is 9.75. The van der Waals surface area contributed by atoms with Gasteiger partial charge in [-0.25, -0.2) is 0 Å². The minimum Gasteiger partial charge on any atom is -0.494 e. The third-order valence-corrected chi connectivity index (χ3v) is 5.89. The van der Waals surface area contributed by atoms with Crippen LogP contribution in [0.25, 0.3) is 11.1 Å². The van der Waals surface area contributed by atoms with E-state index >= 15 is 0 Å². The standard InChI is InChI=1S/C26H21F13O/c1-2-17-7-9-18(10-8-17)19-11-13-20(14-12-19)40-16-6-4-3-5-15-21(27,28)22(29,30)23(31,32)24(33,34)25(35,36)26(37,38)39/h1,7-14H,3-6,15-16H2. The van der Waals surface area contributed by atoms with Gasteiger partial charge in [-0.1, -0.05) is 43.0 Å². The van der Waals surface area contributed by atoms with Crippen LogP contribution in [0.3, 0.4) is 0 Å². The molecule has 0 atom stereocenters. The maximum absolute atomic E-state index is 13.8. The Morgan fingerprint density at radius 3 is 1.48 bits per heavy atom. The van der Waals surface area contributed by atoms with Crippen LogP contribution in [0, 0.1) is 12.3 Å². The molecule has 0 aliphatic heterocycles. The lowest BCUT2D eigenvalue weighted by Crippen LogP contribution is -2.70. The van der Waals surface area contributed by atoms with Gasteiger partial charge in [0.2, 0.25) is 0 Å². The van der Waals surface area contributed by atoms with Gasteiger partial charge in [0.25, 0.3) is 0 Å². The topological polar surface area (TPSA) is 9.23 Å². The number of benzene rings is 2. The van der Waals surface area contributed by atoms with E-state index in [0.29, 0.717) is 11.3 Å². The molecule has 0 aromatic heterocycles. The number of halogens is 13. The van der Waals surface area contributed by atoms with Crippen molar-refractivity contribution in [3.05, 3.63) is 54.1 Å². The predicted molar refractivity (Wildman–Crippen MR) is 119 cm³/mol. The maximum Gasteiger partial charge on any atom is 0.460 e. The van der Waals surface area contributed by atoms with Gasteiger partial charge in [0, 0.05) is 12.0 Å². The Bertz CT molecular complexity index is 1150. The summed E-state index contributed by atoms with van der Waals surface area (Å²) in [5.74, 6) is -33.7. The van der Waals surface area contributed by atoms with Crippen molar-refractivity contribution in [1.82, 2.24) is 0 Å². The van der Waals surface area contributed by atoms with E-state index in [9.17, 15) is 57.1 Å². The van der Waals surface area contributed by atoms with E-state index in [2.05, 4.69) is 5.92 Å². The molecule has 0 unspecified atom stereocenters. The molecule has 2 aromatic rings. The summed E-state index contributed by atoms with van der Waals surface area (Å²) in [6, 6.07) is 13.9. The summed E-state index contributed by atoms with van der Waals surface area (Å²) in [4.78, 5) is 0. The Morgan fingerprint density at radius 1 is 0.550 bits per heavy atom. The average molecular weight is 596 g/mol. The quantitative estimate of drug-likeness (QED) is 0.127. The minimum absolute atomic E-state index is 0.0274. The van der Waals surface area contributed by atoms with Crippen LogP contribution >= 0.6 is 0 Å². The fraction of sp³-hybridized carbons (Fsp3) is 0.462.